The number of aryl methyl sites for hydroxylation is 1. The van der Waals surface area contributed by atoms with Gasteiger partial charge in [-0.2, -0.15) is 13.2 Å². The van der Waals surface area contributed by atoms with Gasteiger partial charge in [0, 0.05) is 36.8 Å². The summed E-state index contributed by atoms with van der Waals surface area (Å²) in [5.41, 5.74) is 3.01. The molecule has 0 aliphatic carbocycles. The van der Waals surface area contributed by atoms with Crippen LogP contribution in [0.2, 0.25) is 0 Å². The SMILES string of the molecule is Cc1cc(OCc2csc(C3CCN(c4ncc(C(F)(F)F)cn4)CC3)n2)c(C(C)C)cc1-n1cnnn1. The van der Waals surface area contributed by atoms with Crippen LogP contribution in [0.1, 0.15) is 65.9 Å². The fraction of sp³-hybridized carbons (Fsp3) is 0.440. The van der Waals surface area contributed by atoms with E-state index in [0.29, 0.717) is 25.6 Å². The highest BCUT2D eigenvalue weighted by Crippen LogP contribution is 2.34. The van der Waals surface area contributed by atoms with Gasteiger partial charge in [0.15, 0.2) is 0 Å². The smallest absolute Gasteiger partial charge is 0.419 e. The van der Waals surface area contributed by atoms with E-state index < -0.39 is 11.7 Å². The Morgan fingerprint density at radius 3 is 2.50 bits per heavy atom. The molecular formula is C25H27F3N8OS. The van der Waals surface area contributed by atoms with Gasteiger partial charge >= 0.3 is 6.18 Å². The minimum Gasteiger partial charge on any atom is -0.487 e. The number of thiazole rings is 1. The molecule has 0 radical (unpaired) electrons. The summed E-state index contributed by atoms with van der Waals surface area (Å²) in [5, 5.41) is 14.5. The van der Waals surface area contributed by atoms with Crippen molar-refractivity contribution in [3.63, 3.8) is 0 Å². The summed E-state index contributed by atoms with van der Waals surface area (Å²) in [6.45, 7) is 7.90. The lowest BCUT2D eigenvalue weighted by Gasteiger charge is -2.31. The van der Waals surface area contributed by atoms with E-state index in [1.54, 1.807) is 22.3 Å². The van der Waals surface area contributed by atoms with Gasteiger partial charge in [0.25, 0.3) is 0 Å². The van der Waals surface area contributed by atoms with Gasteiger partial charge in [0.05, 0.1) is 22.0 Å². The number of tetrazole rings is 1. The summed E-state index contributed by atoms with van der Waals surface area (Å²) >= 11 is 1.62. The lowest BCUT2D eigenvalue weighted by molar-refractivity contribution is -0.138. The third-order valence-corrected chi connectivity index (χ3v) is 7.64. The number of benzene rings is 1. The summed E-state index contributed by atoms with van der Waals surface area (Å²) < 4.78 is 46.2. The molecule has 4 heterocycles. The van der Waals surface area contributed by atoms with E-state index in [0.717, 1.165) is 58.5 Å². The second-order valence-electron chi connectivity index (χ2n) is 9.58. The fourth-order valence-corrected chi connectivity index (χ4v) is 5.44. The van der Waals surface area contributed by atoms with Crippen LogP contribution in [0.25, 0.3) is 5.69 Å². The molecule has 5 rings (SSSR count). The van der Waals surface area contributed by atoms with Gasteiger partial charge < -0.3 is 9.64 Å². The zero-order chi connectivity index (χ0) is 26.9. The Morgan fingerprint density at radius 1 is 1.13 bits per heavy atom. The number of piperidine rings is 1. The predicted octanol–water partition coefficient (Wildman–Crippen LogP) is 5.32. The van der Waals surface area contributed by atoms with Gasteiger partial charge in [-0.1, -0.05) is 13.8 Å². The van der Waals surface area contributed by atoms with Crippen LogP contribution < -0.4 is 9.64 Å². The Hall–Kier alpha value is -3.61. The molecule has 1 fully saturated rings. The van der Waals surface area contributed by atoms with E-state index in [4.69, 9.17) is 9.72 Å². The zero-order valence-corrected chi connectivity index (χ0v) is 22.0. The molecule has 0 atom stereocenters. The van der Waals surface area contributed by atoms with Crippen LogP contribution in [0.15, 0.2) is 36.2 Å². The number of anilines is 1. The quantitative estimate of drug-likeness (QED) is 0.309. The van der Waals surface area contributed by atoms with Gasteiger partial charge in [-0.15, -0.1) is 16.4 Å². The van der Waals surface area contributed by atoms with Crippen molar-refractivity contribution in [2.75, 3.05) is 18.0 Å². The maximum atomic E-state index is 12.8. The monoisotopic (exact) mass is 544 g/mol. The number of ether oxygens (including phenoxy) is 1. The molecule has 200 valence electrons. The van der Waals surface area contributed by atoms with Crippen LogP contribution in [-0.4, -0.2) is 48.2 Å². The van der Waals surface area contributed by atoms with Crippen LogP contribution in [0, 0.1) is 6.92 Å². The summed E-state index contributed by atoms with van der Waals surface area (Å²) in [5.74, 6) is 1.66. The van der Waals surface area contributed by atoms with Crippen LogP contribution in [0.3, 0.4) is 0 Å². The van der Waals surface area contributed by atoms with Crippen LogP contribution in [0.4, 0.5) is 19.1 Å². The van der Waals surface area contributed by atoms with Crippen LogP contribution in [0.5, 0.6) is 5.75 Å². The molecule has 0 unspecified atom stereocenters. The highest BCUT2D eigenvalue weighted by molar-refractivity contribution is 7.09. The molecule has 1 aromatic carbocycles. The van der Waals surface area contributed by atoms with Crippen molar-refractivity contribution in [1.82, 2.24) is 35.2 Å². The number of hydrogen-bond donors (Lipinski definition) is 0. The van der Waals surface area contributed by atoms with Crippen molar-refractivity contribution >= 4 is 17.3 Å². The lowest BCUT2D eigenvalue weighted by Crippen LogP contribution is -2.34. The van der Waals surface area contributed by atoms with Crippen molar-refractivity contribution < 1.29 is 17.9 Å². The first kappa shape index (κ1) is 26.0. The van der Waals surface area contributed by atoms with E-state index in [9.17, 15) is 13.2 Å². The Kier molecular flexibility index (Phi) is 7.28. The average molecular weight is 545 g/mol. The summed E-state index contributed by atoms with van der Waals surface area (Å²) in [4.78, 5) is 14.6. The molecular weight excluding hydrogens is 517 g/mol. The standard InChI is InChI=1S/C25H27F3N8OS/c1-15(2)20-9-21(36-14-31-33-34-36)16(3)8-22(20)37-12-19-13-38-23(32-19)17-4-6-35(7-5-17)24-29-10-18(11-30-24)25(26,27)28/h8-11,13-15,17H,4-7,12H2,1-3H3. The zero-order valence-electron chi connectivity index (χ0n) is 21.2. The Labute approximate surface area is 221 Å². The average Bonchev–Trinajstić information content (AvgIpc) is 3.60. The molecule has 3 aromatic heterocycles. The largest absolute Gasteiger partial charge is 0.487 e. The van der Waals surface area contributed by atoms with Gasteiger partial charge in [0.1, 0.15) is 18.7 Å². The highest BCUT2D eigenvalue weighted by Gasteiger charge is 2.32. The third-order valence-electron chi connectivity index (χ3n) is 6.58. The van der Waals surface area contributed by atoms with Crippen molar-refractivity contribution in [1.29, 1.82) is 0 Å². The van der Waals surface area contributed by atoms with Gasteiger partial charge in [-0.25, -0.2) is 19.6 Å². The van der Waals surface area contributed by atoms with Crippen LogP contribution in [-0.2, 0) is 12.8 Å². The van der Waals surface area contributed by atoms with Crippen LogP contribution >= 0.6 is 11.3 Å². The Bertz CT molecular complexity index is 1360. The molecule has 0 N–H and O–H groups in total. The Morgan fingerprint density at radius 2 is 1.87 bits per heavy atom. The summed E-state index contributed by atoms with van der Waals surface area (Å²) in [6, 6.07) is 4.07. The molecule has 13 heteroatoms. The number of alkyl halides is 3. The van der Waals surface area contributed by atoms with E-state index in [1.165, 1.54) is 0 Å². The first-order valence-electron chi connectivity index (χ1n) is 12.3. The van der Waals surface area contributed by atoms with E-state index in [1.807, 2.05) is 23.3 Å². The van der Waals surface area contributed by atoms with E-state index >= 15 is 0 Å². The Balaban J connectivity index is 1.20. The molecule has 0 spiro atoms. The van der Waals surface area contributed by atoms with Crippen molar-refractivity contribution in [2.45, 2.75) is 58.2 Å². The number of aromatic nitrogens is 7. The maximum Gasteiger partial charge on any atom is 0.419 e. The van der Waals surface area contributed by atoms with Gasteiger partial charge in [-0.3, -0.25) is 0 Å². The fourth-order valence-electron chi connectivity index (χ4n) is 4.47. The molecule has 0 amide bonds. The van der Waals surface area contributed by atoms with Crippen molar-refractivity contribution in [3.05, 3.63) is 63.6 Å². The van der Waals surface area contributed by atoms with Crippen molar-refractivity contribution in [3.8, 4) is 11.4 Å². The minimum absolute atomic E-state index is 0.241. The molecule has 4 aromatic rings. The molecule has 0 bridgehead atoms. The first-order chi connectivity index (χ1) is 18.2. The van der Waals surface area contributed by atoms with E-state index in [2.05, 4.69) is 45.4 Å². The number of halogens is 3. The first-order valence-corrected chi connectivity index (χ1v) is 13.2. The molecule has 1 saturated heterocycles. The molecule has 9 nitrogen and oxygen atoms in total. The molecule has 1 aliphatic rings. The summed E-state index contributed by atoms with van der Waals surface area (Å²) in [6.07, 6.45) is 0.470. The topological polar surface area (TPSA) is 94.7 Å². The number of rotatable bonds is 7. The highest BCUT2D eigenvalue weighted by atomic mass is 32.1. The second kappa shape index (κ2) is 10.6. The van der Waals surface area contributed by atoms with Crippen molar-refractivity contribution in [2.24, 2.45) is 0 Å². The third kappa shape index (κ3) is 5.62. The number of nitrogens with zero attached hydrogens (tertiary/aromatic N) is 8. The van der Waals surface area contributed by atoms with E-state index in [-0.39, 0.29) is 11.8 Å². The molecule has 0 saturated carbocycles. The second-order valence-corrected chi connectivity index (χ2v) is 10.5. The number of hydrogen-bond acceptors (Lipinski definition) is 9. The van der Waals surface area contributed by atoms with Gasteiger partial charge in [-0.05, 0) is 59.4 Å². The normalized spacial score (nSPS) is 14.9. The lowest BCUT2D eigenvalue weighted by atomic mass is 9.98. The predicted molar refractivity (Wildman–Crippen MR) is 136 cm³/mol. The summed E-state index contributed by atoms with van der Waals surface area (Å²) in [7, 11) is 0. The van der Waals surface area contributed by atoms with Gasteiger partial charge in [0.2, 0.25) is 5.95 Å². The maximum absolute atomic E-state index is 12.8. The molecule has 38 heavy (non-hydrogen) atoms. The molecule has 1 aliphatic heterocycles. The minimum atomic E-state index is -4.44.